The van der Waals surface area contributed by atoms with Gasteiger partial charge in [0.25, 0.3) is 0 Å². The van der Waals surface area contributed by atoms with Crippen molar-refractivity contribution >= 4 is 11.6 Å². The molecule has 1 heterocycles. The summed E-state index contributed by atoms with van der Waals surface area (Å²) in [4.78, 5) is 12.0. The van der Waals surface area contributed by atoms with Gasteiger partial charge in [0.15, 0.2) is 5.76 Å². The summed E-state index contributed by atoms with van der Waals surface area (Å²) in [5.74, 6) is -2.51. The second-order valence-electron chi connectivity index (χ2n) is 5.60. The molecule has 2 aromatic carbocycles. The van der Waals surface area contributed by atoms with Crippen LogP contribution >= 0.6 is 0 Å². The Kier molecular flexibility index (Phi) is 5.30. The van der Waals surface area contributed by atoms with E-state index in [1.165, 1.54) is 24.3 Å². The third-order valence-corrected chi connectivity index (χ3v) is 3.47. The van der Waals surface area contributed by atoms with Crippen molar-refractivity contribution in [3.05, 3.63) is 65.9 Å². The van der Waals surface area contributed by atoms with Gasteiger partial charge in [-0.15, -0.1) is 13.2 Å². The maximum Gasteiger partial charge on any atom is 0.573 e. The molecule has 1 N–H and O–H groups in total. The number of halogens is 5. The van der Waals surface area contributed by atoms with Crippen molar-refractivity contribution < 1.29 is 36.0 Å². The molecule has 3 rings (SSSR count). The molecule has 146 valence electrons. The summed E-state index contributed by atoms with van der Waals surface area (Å²) in [6.45, 7) is 0. The number of nitrogens with one attached hydrogen (secondary N) is 1. The molecule has 0 saturated carbocycles. The Morgan fingerprint density at radius 2 is 1.79 bits per heavy atom. The predicted molar refractivity (Wildman–Crippen MR) is 87.3 cm³/mol. The van der Waals surface area contributed by atoms with Crippen molar-refractivity contribution in [3.8, 4) is 17.1 Å². The molecule has 0 radical (unpaired) electrons. The number of hydrogen-bond donors (Lipinski definition) is 1. The second-order valence-corrected chi connectivity index (χ2v) is 5.60. The molecule has 0 atom stereocenters. The zero-order valence-corrected chi connectivity index (χ0v) is 13.9. The number of hydrogen-bond acceptors (Lipinski definition) is 4. The lowest BCUT2D eigenvalue weighted by molar-refractivity contribution is -0.274. The molecule has 1 amide bonds. The highest BCUT2D eigenvalue weighted by atomic mass is 19.4. The van der Waals surface area contributed by atoms with Gasteiger partial charge in [-0.25, -0.2) is 8.78 Å². The van der Waals surface area contributed by atoms with Gasteiger partial charge in [0.05, 0.1) is 17.7 Å². The van der Waals surface area contributed by atoms with Gasteiger partial charge in [-0.2, -0.15) is 0 Å². The van der Waals surface area contributed by atoms with E-state index in [1.54, 1.807) is 0 Å². The van der Waals surface area contributed by atoms with Crippen LogP contribution in [0.3, 0.4) is 0 Å². The van der Waals surface area contributed by atoms with Crippen molar-refractivity contribution in [3.63, 3.8) is 0 Å². The minimum atomic E-state index is -4.81. The third kappa shape index (κ3) is 5.06. The zero-order chi connectivity index (χ0) is 20.3. The SMILES string of the molecule is O=C(Cc1cc(-c2ccc(F)cc2F)on1)Nc1ccc(OC(F)(F)F)cc1. The molecule has 3 aromatic rings. The molecule has 0 unspecified atom stereocenters. The van der Waals surface area contributed by atoms with Gasteiger partial charge >= 0.3 is 6.36 Å². The molecular formula is C18H11F5N2O3. The van der Waals surface area contributed by atoms with Gasteiger partial charge in [-0.05, 0) is 36.4 Å². The van der Waals surface area contributed by atoms with Crippen molar-refractivity contribution in [2.45, 2.75) is 12.8 Å². The second kappa shape index (κ2) is 7.67. The minimum absolute atomic E-state index is 0.0131. The van der Waals surface area contributed by atoms with Crippen LogP contribution in [0, 0.1) is 11.6 Å². The van der Waals surface area contributed by atoms with Gasteiger partial charge in [0.2, 0.25) is 5.91 Å². The van der Waals surface area contributed by atoms with Crippen molar-refractivity contribution in [1.29, 1.82) is 0 Å². The number of benzene rings is 2. The molecular weight excluding hydrogens is 387 g/mol. The molecule has 10 heteroatoms. The Labute approximate surface area is 154 Å². The molecule has 5 nitrogen and oxygen atoms in total. The lowest BCUT2D eigenvalue weighted by Gasteiger charge is -2.09. The van der Waals surface area contributed by atoms with Crippen LogP contribution in [-0.2, 0) is 11.2 Å². The average Bonchev–Trinajstić information content (AvgIpc) is 3.03. The lowest BCUT2D eigenvalue weighted by Crippen LogP contribution is -2.17. The molecule has 1 aromatic heterocycles. The quantitative estimate of drug-likeness (QED) is 0.633. The topological polar surface area (TPSA) is 64.4 Å². The van der Waals surface area contributed by atoms with E-state index in [2.05, 4.69) is 15.2 Å². The first-order valence-electron chi connectivity index (χ1n) is 7.76. The largest absolute Gasteiger partial charge is 0.573 e. The van der Waals surface area contributed by atoms with E-state index in [1.807, 2.05) is 0 Å². The molecule has 0 aliphatic carbocycles. The molecule has 0 spiro atoms. The number of nitrogens with zero attached hydrogens (tertiary/aromatic N) is 1. The van der Waals surface area contributed by atoms with Crippen LogP contribution in [0.25, 0.3) is 11.3 Å². The molecule has 0 fully saturated rings. The van der Waals surface area contributed by atoms with E-state index in [4.69, 9.17) is 4.52 Å². The van der Waals surface area contributed by atoms with Crippen LogP contribution < -0.4 is 10.1 Å². The smallest absolute Gasteiger partial charge is 0.406 e. The Hall–Kier alpha value is -3.43. The van der Waals surface area contributed by atoms with Gasteiger partial charge in [-0.1, -0.05) is 5.16 Å². The summed E-state index contributed by atoms with van der Waals surface area (Å²) in [5.41, 5.74) is 0.418. The standard InChI is InChI=1S/C18H11F5N2O3/c19-10-1-6-14(15(20)7-10)16-8-12(25-28-16)9-17(26)24-11-2-4-13(5-3-11)27-18(21,22)23/h1-8H,9H2,(H,24,26). The Balaban J connectivity index is 1.62. The fourth-order valence-electron chi connectivity index (χ4n) is 2.32. The van der Waals surface area contributed by atoms with Crippen molar-refractivity contribution in [2.75, 3.05) is 5.32 Å². The van der Waals surface area contributed by atoms with E-state index in [0.29, 0.717) is 6.07 Å². The van der Waals surface area contributed by atoms with Crippen molar-refractivity contribution in [2.24, 2.45) is 0 Å². The highest BCUT2D eigenvalue weighted by Crippen LogP contribution is 2.25. The van der Waals surface area contributed by atoms with Crippen LogP contribution in [0.15, 0.2) is 53.1 Å². The van der Waals surface area contributed by atoms with Crippen LogP contribution in [0.2, 0.25) is 0 Å². The van der Waals surface area contributed by atoms with E-state index < -0.39 is 29.7 Å². The number of rotatable bonds is 5. The monoisotopic (exact) mass is 398 g/mol. The molecule has 0 aliphatic rings. The fraction of sp³-hybridized carbons (Fsp3) is 0.111. The van der Waals surface area contributed by atoms with Crippen LogP contribution in [0.5, 0.6) is 5.75 Å². The van der Waals surface area contributed by atoms with Crippen LogP contribution in [0.4, 0.5) is 27.6 Å². The summed E-state index contributed by atoms with van der Waals surface area (Å²) in [5, 5.41) is 6.12. The highest BCUT2D eigenvalue weighted by Gasteiger charge is 2.31. The number of anilines is 1. The zero-order valence-electron chi connectivity index (χ0n) is 13.9. The highest BCUT2D eigenvalue weighted by molar-refractivity contribution is 5.92. The van der Waals surface area contributed by atoms with E-state index in [0.717, 1.165) is 18.2 Å². The number of alkyl halides is 3. The van der Waals surface area contributed by atoms with E-state index in [-0.39, 0.29) is 29.1 Å². The Bertz CT molecular complexity index is 984. The predicted octanol–water partition coefficient (Wildman–Crippen LogP) is 4.70. The van der Waals surface area contributed by atoms with Gasteiger partial charge < -0.3 is 14.6 Å². The van der Waals surface area contributed by atoms with E-state index in [9.17, 15) is 26.7 Å². The molecule has 0 bridgehead atoms. The number of carbonyl (C=O) groups is 1. The lowest BCUT2D eigenvalue weighted by atomic mass is 10.1. The Morgan fingerprint density at radius 3 is 2.43 bits per heavy atom. The summed E-state index contributed by atoms with van der Waals surface area (Å²) in [6.07, 6.45) is -5.04. The molecule has 28 heavy (non-hydrogen) atoms. The number of ether oxygens (including phenoxy) is 1. The summed E-state index contributed by atoms with van der Waals surface area (Å²) < 4.78 is 71.7. The average molecular weight is 398 g/mol. The normalized spacial score (nSPS) is 11.3. The first-order chi connectivity index (χ1) is 13.2. The summed E-state index contributed by atoms with van der Waals surface area (Å²) in [6, 6.07) is 8.83. The van der Waals surface area contributed by atoms with Gasteiger partial charge in [-0.3, -0.25) is 4.79 Å². The first kappa shape index (κ1) is 19.3. The molecule has 0 saturated heterocycles. The van der Waals surface area contributed by atoms with Gasteiger partial charge in [0, 0.05) is 17.8 Å². The summed E-state index contributed by atoms with van der Waals surface area (Å²) in [7, 11) is 0. The Morgan fingerprint density at radius 1 is 1.07 bits per heavy atom. The maximum atomic E-state index is 13.7. The van der Waals surface area contributed by atoms with E-state index >= 15 is 0 Å². The molecule has 0 aliphatic heterocycles. The first-order valence-corrected chi connectivity index (χ1v) is 7.76. The number of aromatic nitrogens is 1. The minimum Gasteiger partial charge on any atom is -0.406 e. The van der Waals surface area contributed by atoms with Gasteiger partial charge in [0.1, 0.15) is 17.4 Å². The number of amides is 1. The maximum absolute atomic E-state index is 13.7. The number of carbonyl (C=O) groups excluding carboxylic acids is 1. The van der Waals surface area contributed by atoms with Crippen LogP contribution in [-0.4, -0.2) is 17.4 Å². The fourth-order valence-corrected chi connectivity index (χ4v) is 2.32. The third-order valence-electron chi connectivity index (χ3n) is 3.47. The summed E-state index contributed by atoms with van der Waals surface area (Å²) >= 11 is 0. The van der Waals surface area contributed by atoms with Crippen LogP contribution in [0.1, 0.15) is 5.69 Å². The van der Waals surface area contributed by atoms with Crippen molar-refractivity contribution in [1.82, 2.24) is 5.16 Å².